The van der Waals surface area contributed by atoms with Crippen LogP contribution in [-0.4, -0.2) is 208 Å². The molecule has 0 spiro atoms. The first kappa shape index (κ1) is 70.1. The predicted octanol–water partition coefficient (Wildman–Crippen LogP) is 2.82. The Morgan fingerprint density at radius 3 is 1.90 bits per heavy atom. The molecule has 22 nitrogen and oxygen atoms in total. The van der Waals surface area contributed by atoms with Gasteiger partial charge in [0.2, 0.25) is 0 Å². The van der Waals surface area contributed by atoms with Crippen molar-refractivity contribution in [2.45, 2.75) is 215 Å². The predicted molar refractivity (Wildman–Crippen MR) is 301 cm³/mol. The molecular weight excluding hydrogens is 1060 g/mol. The lowest BCUT2D eigenvalue weighted by molar-refractivity contribution is -0.311. The second-order valence-corrected chi connectivity index (χ2v) is 28.0. The topological polar surface area (TPSA) is 345 Å². The molecular formula is C57H95N3O19Si. The number of hydrogen-bond donors (Lipinski definition) is 13. The van der Waals surface area contributed by atoms with E-state index in [1.54, 1.807) is 68.5 Å². The van der Waals surface area contributed by atoms with Gasteiger partial charge in [-0.1, -0.05) is 119 Å². The van der Waals surface area contributed by atoms with Gasteiger partial charge < -0.3 is 95.4 Å². The Labute approximate surface area is 472 Å². The highest BCUT2D eigenvalue weighted by molar-refractivity contribution is 6.76. The van der Waals surface area contributed by atoms with Gasteiger partial charge in [-0.2, -0.15) is 0 Å². The first-order valence-corrected chi connectivity index (χ1v) is 31.6. The molecule has 23 heteroatoms. The number of fused-ring (bicyclic) bond motifs is 2. The Bertz CT molecular complexity index is 2050. The molecule has 1 unspecified atom stereocenters. The van der Waals surface area contributed by atoms with E-state index in [9.17, 15) is 65.4 Å². The van der Waals surface area contributed by atoms with Crippen LogP contribution in [0.1, 0.15) is 85.5 Å². The van der Waals surface area contributed by atoms with E-state index in [4.69, 9.17) is 28.4 Å². The second-order valence-electron chi connectivity index (χ2n) is 22.4. The van der Waals surface area contributed by atoms with Gasteiger partial charge in [0, 0.05) is 65.9 Å². The van der Waals surface area contributed by atoms with Crippen molar-refractivity contribution in [1.29, 1.82) is 0 Å². The summed E-state index contributed by atoms with van der Waals surface area (Å²) in [6.45, 7) is 13.2. The molecule has 3 aliphatic heterocycles. The summed E-state index contributed by atoms with van der Waals surface area (Å²) < 4.78 is 35.9. The van der Waals surface area contributed by atoms with Crippen LogP contribution in [0.25, 0.3) is 0 Å². The number of cyclic esters (lactones) is 1. The number of urea groups is 1. The molecule has 0 aromatic heterocycles. The maximum atomic E-state index is 13.3. The zero-order valence-electron chi connectivity index (χ0n) is 47.8. The molecule has 456 valence electrons. The van der Waals surface area contributed by atoms with Crippen LogP contribution in [-0.2, 0) is 33.2 Å². The third kappa shape index (κ3) is 25.5. The number of nitrogens with one attached hydrogen (secondary N) is 3. The Hall–Kier alpha value is -4.15. The number of allylic oxidation sites excluding steroid dienone is 12. The number of hydrogen-bond acceptors (Lipinski definition) is 19. The number of ether oxygens (including phenoxy) is 6. The van der Waals surface area contributed by atoms with Crippen LogP contribution in [0.15, 0.2) is 85.1 Å². The molecule has 80 heavy (non-hydrogen) atoms. The summed E-state index contributed by atoms with van der Waals surface area (Å²) in [5, 5.41) is 118. The number of aliphatic hydroxyl groups is 10. The molecule has 2 saturated heterocycles. The summed E-state index contributed by atoms with van der Waals surface area (Å²) in [6, 6.07) is -2.49. The van der Waals surface area contributed by atoms with Crippen molar-refractivity contribution in [3.63, 3.8) is 0 Å². The molecule has 3 heterocycles. The monoisotopic (exact) mass is 1150 g/mol. The van der Waals surface area contributed by atoms with Gasteiger partial charge in [-0.05, 0) is 45.6 Å². The quantitative estimate of drug-likeness (QED) is 0.0803. The molecule has 2 fully saturated rings. The van der Waals surface area contributed by atoms with Gasteiger partial charge in [0.15, 0.2) is 12.1 Å². The van der Waals surface area contributed by atoms with E-state index < -0.39 is 148 Å². The molecule has 2 bridgehead atoms. The van der Waals surface area contributed by atoms with Crippen molar-refractivity contribution in [1.82, 2.24) is 16.0 Å². The number of alkyl carbamates (subject to hydrolysis) is 1. The van der Waals surface area contributed by atoms with Crippen LogP contribution < -0.4 is 16.0 Å². The van der Waals surface area contributed by atoms with E-state index in [1.165, 1.54) is 14.0 Å². The fourth-order valence-corrected chi connectivity index (χ4v) is 9.99. The molecule has 0 radical (unpaired) electrons. The van der Waals surface area contributed by atoms with Gasteiger partial charge in [0.25, 0.3) is 0 Å². The lowest BCUT2D eigenvalue weighted by atomic mass is 9.86. The standard InChI is InChI=1S/C57H95N3O19Si/c1-36-22-19-17-15-13-11-9-10-12-14-16-18-20-23-43(78-54-53(71)50(52(70)39(4)77-54)60-56(73)75-28-29-80(6,7)8)33-47-49(59-55(72)58-26-21-27-61)46(67)35-57(74-5,79-47)34-42(64)31-45(66)44(65)25-24-40(62)30-41(63)32-48(68)76-38(3)37(2)51(36)69/h9-20,22-23,36-47,49-54,61-67,69-71H,21,24-35H2,1-8H3,(H,60,73)(H2,58,59,72)/b10-9+,13-11+,14-12+,17-15+,18-16+,22-19+,23-20+/t36-,37-,38?,39+,40+,41+,42-,43-,44+,45+,46-,47-,49+,50-,51+,52+,53-,54-,57+/m0/s1. The SMILES string of the molecule is CO[C@]12C[C@@H](O)C[C@@H](O)[C@H](O)CC[C@@H](O)C[C@@H](O)CC(=O)OC(C)[C@H](C)[C@H](O)[C@@H](C)/C=C/C=C/C=C/C=C/C=C/C=C/C=C/[C@H](O[C@@H]3O[C@H](C)[C@@H](O)[C@H](NC(=O)OCC[Si](C)(C)C)[C@@H]3O)C[C@H](O1)[C@H](NC(=O)NCCCO)[C@@H](O)C2. The fourth-order valence-electron chi connectivity index (χ4n) is 9.28. The average Bonchev–Trinajstić information content (AvgIpc) is 3.38. The maximum Gasteiger partial charge on any atom is 0.407 e. The fraction of sp³-hybridized carbons (Fsp3) is 0.702. The van der Waals surface area contributed by atoms with Gasteiger partial charge >= 0.3 is 18.1 Å². The van der Waals surface area contributed by atoms with E-state index in [1.807, 2.05) is 37.3 Å². The maximum absolute atomic E-state index is 13.3. The molecule has 3 amide bonds. The van der Waals surface area contributed by atoms with Gasteiger partial charge in [0.05, 0.1) is 86.2 Å². The highest BCUT2D eigenvalue weighted by Gasteiger charge is 2.51. The summed E-state index contributed by atoms with van der Waals surface area (Å²) in [6.07, 6.45) is 4.23. The summed E-state index contributed by atoms with van der Waals surface area (Å²) in [7, 11) is -0.283. The Balaban J connectivity index is 2.01. The van der Waals surface area contributed by atoms with Crippen molar-refractivity contribution in [2.24, 2.45) is 11.8 Å². The van der Waals surface area contributed by atoms with Crippen LogP contribution in [0, 0.1) is 11.8 Å². The van der Waals surface area contributed by atoms with Crippen molar-refractivity contribution >= 4 is 26.2 Å². The lowest BCUT2D eigenvalue weighted by Crippen LogP contribution is -2.65. The van der Waals surface area contributed by atoms with Crippen LogP contribution in [0.2, 0.25) is 25.7 Å². The normalized spacial score (nSPS) is 39.2. The van der Waals surface area contributed by atoms with Crippen LogP contribution in [0.5, 0.6) is 0 Å². The van der Waals surface area contributed by atoms with Gasteiger partial charge in [-0.15, -0.1) is 0 Å². The second kappa shape index (κ2) is 35.8. The smallest absolute Gasteiger partial charge is 0.407 e. The zero-order chi connectivity index (χ0) is 59.6. The number of carbonyl (C=O) groups is 3. The van der Waals surface area contributed by atoms with Gasteiger partial charge in [-0.3, -0.25) is 4.79 Å². The third-order valence-corrected chi connectivity index (χ3v) is 16.0. The summed E-state index contributed by atoms with van der Waals surface area (Å²) >= 11 is 0. The van der Waals surface area contributed by atoms with Crippen molar-refractivity contribution in [3.05, 3.63) is 85.1 Å². The van der Waals surface area contributed by atoms with E-state index in [2.05, 4.69) is 35.6 Å². The minimum Gasteiger partial charge on any atom is -0.462 e. The number of amides is 3. The average molecular weight is 1150 g/mol. The first-order chi connectivity index (χ1) is 37.8. The third-order valence-electron chi connectivity index (χ3n) is 14.3. The molecule has 0 aromatic carbocycles. The number of carbonyl (C=O) groups excluding carboxylic acids is 3. The lowest BCUT2D eigenvalue weighted by Gasteiger charge is -2.48. The van der Waals surface area contributed by atoms with Gasteiger partial charge in [-0.25, -0.2) is 9.59 Å². The number of esters is 1. The Morgan fingerprint density at radius 1 is 0.688 bits per heavy atom. The molecule has 13 N–H and O–H groups in total. The molecule has 0 aliphatic carbocycles. The molecule has 0 aromatic rings. The van der Waals surface area contributed by atoms with Crippen molar-refractivity contribution in [3.8, 4) is 0 Å². The highest BCUT2D eigenvalue weighted by Crippen LogP contribution is 2.38. The Kier molecular flexibility index (Phi) is 31.3. The number of rotatable bonds is 11. The van der Waals surface area contributed by atoms with E-state index in [0.29, 0.717) is 6.04 Å². The zero-order valence-corrected chi connectivity index (χ0v) is 48.8. The molecule has 3 aliphatic rings. The number of aliphatic hydroxyl groups excluding tert-OH is 10. The van der Waals surface area contributed by atoms with Crippen LogP contribution >= 0.6 is 0 Å². The summed E-state index contributed by atoms with van der Waals surface area (Å²) in [5.41, 5.74) is 0. The first-order valence-electron chi connectivity index (χ1n) is 27.9. The van der Waals surface area contributed by atoms with E-state index in [0.717, 1.165) is 0 Å². The molecule has 0 saturated carbocycles. The minimum absolute atomic E-state index is 0.0932. The van der Waals surface area contributed by atoms with Crippen molar-refractivity contribution in [2.75, 3.05) is 26.9 Å². The summed E-state index contributed by atoms with van der Waals surface area (Å²) in [5.74, 6) is -3.26. The highest BCUT2D eigenvalue weighted by atomic mass is 28.3. The number of methoxy groups -OCH3 is 1. The van der Waals surface area contributed by atoms with E-state index >= 15 is 0 Å². The van der Waals surface area contributed by atoms with Crippen LogP contribution in [0.3, 0.4) is 0 Å². The van der Waals surface area contributed by atoms with Gasteiger partial charge in [0.1, 0.15) is 18.3 Å². The summed E-state index contributed by atoms with van der Waals surface area (Å²) in [4.78, 5) is 39.0. The molecule has 19 atom stereocenters. The Morgan fingerprint density at radius 2 is 1.30 bits per heavy atom. The minimum atomic E-state index is -1.78. The largest absolute Gasteiger partial charge is 0.462 e. The molecule has 3 rings (SSSR count). The van der Waals surface area contributed by atoms with Crippen LogP contribution in [0.4, 0.5) is 9.59 Å². The van der Waals surface area contributed by atoms with Crippen molar-refractivity contribution < 1.29 is 93.9 Å². The van der Waals surface area contributed by atoms with E-state index in [-0.39, 0.29) is 70.6 Å².